The number of aryl methyl sites for hydroxylation is 2. The average Bonchev–Trinajstić information content (AvgIpc) is 3.10. The second-order valence-corrected chi connectivity index (χ2v) is 8.34. The van der Waals surface area contributed by atoms with Gasteiger partial charge in [0.1, 0.15) is 5.75 Å². The zero-order chi connectivity index (χ0) is 22.3. The lowest BCUT2D eigenvalue weighted by Crippen LogP contribution is -2.25. The molecule has 166 valence electrons. The first-order valence-electron chi connectivity index (χ1n) is 11.3. The summed E-state index contributed by atoms with van der Waals surface area (Å²) in [5.74, 6) is 1.45. The number of anilines is 2. The quantitative estimate of drug-likeness (QED) is 0.585. The first kappa shape index (κ1) is 21.8. The van der Waals surface area contributed by atoms with Crippen molar-refractivity contribution in [3.8, 4) is 17.0 Å². The Hall–Kier alpha value is -3.41. The molecule has 4 rings (SSSR count). The summed E-state index contributed by atoms with van der Waals surface area (Å²) >= 11 is 0. The van der Waals surface area contributed by atoms with Crippen LogP contribution < -0.4 is 15.0 Å². The number of hydrogen-bond donors (Lipinski definition) is 1. The molecule has 6 heteroatoms. The van der Waals surface area contributed by atoms with Gasteiger partial charge in [-0.2, -0.15) is 0 Å². The van der Waals surface area contributed by atoms with Gasteiger partial charge in [0, 0.05) is 24.3 Å². The fraction of sp³-hybridized carbons (Fsp3) is 0.346. The minimum Gasteiger partial charge on any atom is -0.484 e. The Balaban J connectivity index is 1.32. The highest BCUT2D eigenvalue weighted by Crippen LogP contribution is 2.22. The van der Waals surface area contributed by atoms with E-state index in [9.17, 15) is 4.79 Å². The molecule has 0 saturated carbocycles. The molecule has 1 aliphatic rings. The van der Waals surface area contributed by atoms with Gasteiger partial charge in [0.2, 0.25) is 0 Å². The van der Waals surface area contributed by atoms with Gasteiger partial charge in [-0.3, -0.25) is 4.79 Å². The van der Waals surface area contributed by atoms with Gasteiger partial charge in [-0.15, -0.1) is 10.2 Å². The van der Waals surface area contributed by atoms with E-state index in [0.717, 1.165) is 41.4 Å². The van der Waals surface area contributed by atoms with Gasteiger partial charge in [-0.1, -0.05) is 31.0 Å². The molecule has 1 aromatic heterocycles. The molecule has 1 saturated heterocycles. The molecule has 0 spiro atoms. The molecule has 2 aromatic carbocycles. The van der Waals surface area contributed by atoms with E-state index in [1.165, 1.54) is 31.2 Å². The van der Waals surface area contributed by atoms with Gasteiger partial charge < -0.3 is 15.0 Å². The summed E-state index contributed by atoms with van der Waals surface area (Å²) < 4.78 is 5.60. The number of hydrogen-bond acceptors (Lipinski definition) is 5. The number of nitrogens with one attached hydrogen (secondary N) is 1. The summed E-state index contributed by atoms with van der Waals surface area (Å²) in [6.07, 6.45) is 5.02. The number of benzene rings is 2. The van der Waals surface area contributed by atoms with Crippen molar-refractivity contribution in [3.63, 3.8) is 0 Å². The van der Waals surface area contributed by atoms with E-state index in [4.69, 9.17) is 4.74 Å². The molecule has 32 heavy (non-hydrogen) atoms. The van der Waals surface area contributed by atoms with Gasteiger partial charge in [0.25, 0.3) is 5.91 Å². The van der Waals surface area contributed by atoms with E-state index in [0.29, 0.717) is 5.75 Å². The van der Waals surface area contributed by atoms with Gasteiger partial charge in [0.15, 0.2) is 12.4 Å². The van der Waals surface area contributed by atoms with Crippen molar-refractivity contribution in [1.82, 2.24) is 10.2 Å². The third kappa shape index (κ3) is 5.63. The van der Waals surface area contributed by atoms with Crippen molar-refractivity contribution in [1.29, 1.82) is 0 Å². The molecule has 1 N–H and O–H groups in total. The lowest BCUT2D eigenvalue weighted by molar-refractivity contribution is -0.118. The van der Waals surface area contributed by atoms with Crippen LogP contribution in [0.2, 0.25) is 0 Å². The van der Waals surface area contributed by atoms with Crippen LogP contribution in [0.25, 0.3) is 11.3 Å². The molecule has 1 aliphatic heterocycles. The van der Waals surface area contributed by atoms with Crippen LogP contribution >= 0.6 is 0 Å². The minimum atomic E-state index is -0.197. The maximum atomic E-state index is 12.2. The Labute approximate surface area is 189 Å². The predicted molar refractivity (Wildman–Crippen MR) is 128 cm³/mol. The molecule has 6 nitrogen and oxygen atoms in total. The summed E-state index contributed by atoms with van der Waals surface area (Å²) in [5, 5.41) is 11.7. The van der Waals surface area contributed by atoms with E-state index >= 15 is 0 Å². The van der Waals surface area contributed by atoms with Crippen LogP contribution in [0, 0.1) is 13.8 Å². The fourth-order valence-corrected chi connectivity index (χ4v) is 3.82. The molecule has 0 bridgehead atoms. The highest BCUT2D eigenvalue weighted by molar-refractivity contribution is 5.92. The highest BCUT2D eigenvalue weighted by Gasteiger charge is 2.12. The van der Waals surface area contributed by atoms with Crippen LogP contribution in [0.4, 0.5) is 11.5 Å². The Morgan fingerprint density at radius 1 is 0.906 bits per heavy atom. The fourth-order valence-electron chi connectivity index (χ4n) is 3.82. The lowest BCUT2D eigenvalue weighted by Gasteiger charge is -2.20. The van der Waals surface area contributed by atoms with Crippen LogP contribution in [-0.4, -0.2) is 35.8 Å². The Morgan fingerprint density at radius 2 is 1.66 bits per heavy atom. The topological polar surface area (TPSA) is 67.3 Å². The zero-order valence-electron chi connectivity index (χ0n) is 18.8. The standard InChI is InChI=1S/C26H30N4O2/c1-19-7-12-23(17-20(19)2)32-18-26(31)27-22-10-8-21(9-11-22)24-13-14-25(29-28-24)30-15-5-3-4-6-16-30/h7-14,17H,3-6,15-16,18H2,1-2H3,(H,27,31). The van der Waals surface area contributed by atoms with Crippen molar-refractivity contribution in [2.45, 2.75) is 39.5 Å². The monoisotopic (exact) mass is 430 g/mol. The minimum absolute atomic E-state index is 0.0340. The van der Waals surface area contributed by atoms with E-state index in [-0.39, 0.29) is 12.5 Å². The Bertz CT molecular complexity index is 1040. The number of amides is 1. The summed E-state index contributed by atoms with van der Waals surface area (Å²) in [6.45, 7) is 6.14. The van der Waals surface area contributed by atoms with Crippen molar-refractivity contribution in [3.05, 3.63) is 65.7 Å². The third-order valence-electron chi connectivity index (χ3n) is 5.89. The van der Waals surface area contributed by atoms with Crippen molar-refractivity contribution < 1.29 is 9.53 Å². The third-order valence-corrected chi connectivity index (χ3v) is 5.89. The number of carbonyl (C=O) groups is 1. The van der Waals surface area contributed by atoms with Gasteiger partial charge in [0.05, 0.1) is 5.69 Å². The number of aromatic nitrogens is 2. The first-order valence-corrected chi connectivity index (χ1v) is 11.3. The molecule has 0 atom stereocenters. The number of carbonyl (C=O) groups excluding carboxylic acids is 1. The molecular weight excluding hydrogens is 400 g/mol. The highest BCUT2D eigenvalue weighted by atomic mass is 16.5. The molecule has 1 amide bonds. The second kappa shape index (κ2) is 10.3. The summed E-state index contributed by atoms with van der Waals surface area (Å²) in [6, 6.07) is 17.5. The van der Waals surface area contributed by atoms with Crippen molar-refractivity contribution in [2.24, 2.45) is 0 Å². The Morgan fingerprint density at radius 3 is 2.31 bits per heavy atom. The first-order chi connectivity index (χ1) is 15.6. The molecule has 0 aliphatic carbocycles. The van der Waals surface area contributed by atoms with E-state index in [1.54, 1.807) is 0 Å². The van der Waals surface area contributed by atoms with Gasteiger partial charge >= 0.3 is 0 Å². The predicted octanol–water partition coefficient (Wildman–Crippen LogP) is 5.16. The van der Waals surface area contributed by atoms with Crippen LogP contribution in [-0.2, 0) is 4.79 Å². The average molecular weight is 431 g/mol. The molecule has 0 radical (unpaired) electrons. The molecule has 2 heterocycles. The summed E-state index contributed by atoms with van der Waals surface area (Å²) in [4.78, 5) is 14.6. The SMILES string of the molecule is Cc1ccc(OCC(=O)Nc2ccc(-c3ccc(N4CCCCCC4)nn3)cc2)cc1C. The second-order valence-electron chi connectivity index (χ2n) is 8.34. The molecular formula is C26H30N4O2. The van der Waals surface area contributed by atoms with Gasteiger partial charge in [-0.25, -0.2) is 0 Å². The smallest absolute Gasteiger partial charge is 0.262 e. The largest absolute Gasteiger partial charge is 0.484 e. The maximum absolute atomic E-state index is 12.2. The van der Waals surface area contributed by atoms with Crippen LogP contribution in [0.5, 0.6) is 5.75 Å². The van der Waals surface area contributed by atoms with Crippen molar-refractivity contribution in [2.75, 3.05) is 29.9 Å². The molecule has 3 aromatic rings. The number of ether oxygens (including phenoxy) is 1. The van der Waals surface area contributed by atoms with Crippen LogP contribution in [0.15, 0.2) is 54.6 Å². The Kier molecular flexibility index (Phi) is 7.00. The van der Waals surface area contributed by atoms with Crippen LogP contribution in [0.3, 0.4) is 0 Å². The van der Waals surface area contributed by atoms with Gasteiger partial charge in [-0.05, 0) is 74.2 Å². The van der Waals surface area contributed by atoms with E-state index in [2.05, 4.69) is 20.4 Å². The molecule has 0 unspecified atom stereocenters. The zero-order valence-corrected chi connectivity index (χ0v) is 18.8. The summed E-state index contributed by atoms with van der Waals surface area (Å²) in [7, 11) is 0. The van der Waals surface area contributed by atoms with Crippen molar-refractivity contribution >= 4 is 17.4 Å². The van der Waals surface area contributed by atoms with E-state index in [1.807, 2.05) is 68.4 Å². The van der Waals surface area contributed by atoms with Crippen LogP contribution in [0.1, 0.15) is 36.8 Å². The molecule has 1 fully saturated rings. The maximum Gasteiger partial charge on any atom is 0.262 e. The lowest BCUT2D eigenvalue weighted by atomic mass is 10.1. The summed E-state index contributed by atoms with van der Waals surface area (Å²) in [5.41, 5.74) is 4.84. The van der Waals surface area contributed by atoms with E-state index < -0.39 is 0 Å². The number of nitrogens with zero attached hydrogens (tertiary/aromatic N) is 3. The normalized spacial score (nSPS) is 14.0. The number of rotatable bonds is 6.